The molecular formula is C13H20BrNO2. The minimum Gasteiger partial charge on any atom is -0.385 e. The van der Waals surface area contributed by atoms with E-state index in [2.05, 4.69) is 15.9 Å². The summed E-state index contributed by atoms with van der Waals surface area (Å²) in [7, 11) is 1.69. The second-order valence-corrected chi connectivity index (χ2v) is 4.87. The largest absolute Gasteiger partial charge is 0.385 e. The average molecular weight is 302 g/mol. The molecule has 0 heterocycles. The monoisotopic (exact) mass is 301 g/mol. The number of nitrogens with two attached hydrogens (primary N) is 1. The van der Waals surface area contributed by atoms with E-state index in [1.54, 1.807) is 7.11 Å². The maximum atomic E-state index is 5.98. The van der Waals surface area contributed by atoms with Gasteiger partial charge in [0.05, 0.1) is 6.10 Å². The fourth-order valence-corrected chi connectivity index (χ4v) is 2.15. The quantitative estimate of drug-likeness (QED) is 0.788. The zero-order valence-electron chi connectivity index (χ0n) is 10.4. The molecule has 0 aliphatic heterocycles. The zero-order chi connectivity index (χ0) is 12.7. The van der Waals surface area contributed by atoms with Crippen molar-refractivity contribution in [3.8, 4) is 0 Å². The lowest BCUT2D eigenvalue weighted by molar-refractivity contribution is 0.0260. The molecule has 0 spiro atoms. The Bertz CT molecular complexity index is 331. The highest BCUT2D eigenvalue weighted by Crippen LogP contribution is 2.27. The van der Waals surface area contributed by atoms with Gasteiger partial charge in [-0.15, -0.1) is 0 Å². The van der Waals surface area contributed by atoms with Crippen molar-refractivity contribution in [2.24, 2.45) is 5.73 Å². The smallest absolute Gasteiger partial charge is 0.0983 e. The van der Waals surface area contributed by atoms with Crippen LogP contribution >= 0.6 is 15.9 Å². The van der Waals surface area contributed by atoms with Gasteiger partial charge in [-0.1, -0.05) is 34.1 Å². The van der Waals surface area contributed by atoms with Crippen molar-refractivity contribution in [1.82, 2.24) is 0 Å². The molecule has 17 heavy (non-hydrogen) atoms. The SMILES string of the molecule is COCCCOC(c1ccccc1Br)C(C)N. The van der Waals surface area contributed by atoms with E-state index in [4.69, 9.17) is 15.2 Å². The summed E-state index contributed by atoms with van der Waals surface area (Å²) in [5, 5.41) is 0. The lowest BCUT2D eigenvalue weighted by Crippen LogP contribution is -2.27. The van der Waals surface area contributed by atoms with E-state index < -0.39 is 0 Å². The zero-order valence-corrected chi connectivity index (χ0v) is 11.9. The number of hydrogen-bond donors (Lipinski definition) is 1. The number of benzene rings is 1. The van der Waals surface area contributed by atoms with Crippen LogP contribution in [0, 0.1) is 0 Å². The van der Waals surface area contributed by atoms with Crippen LogP contribution in [0.3, 0.4) is 0 Å². The van der Waals surface area contributed by atoms with Crippen LogP contribution in [0.15, 0.2) is 28.7 Å². The number of hydrogen-bond acceptors (Lipinski definition) is 3. The summed E-state index contributed by atoms with van der Waals surface area (Å²) in [5.74, 6) is 0. The standard InChI is InChI=1S/C13H20BrNO2/c1-10(15)13(17-9-5-8-16-2)11-6-3-4-7-12(11)14/h3-4,6-7,10,13H,5,8-9,15H2,1-2H3. The van der Waals surface area contributed by atoms with Gasteiger partial charge in [-0.05, 0) is 25.0 Å². The Balaban J connectivity index is 2.63. The molecule has 1 aromatic carbocycles. The summed E-state index contributed by atoms with van der Waals surface area (Å²) in [6, 6.07) is 7.97. The fraction of sp³-hybridized carbons (Fsp3) is 0.538. The third-order valence-electron chi connectivity index (χ3n) is 2.48. The molecule has 1 aromatic rings. The van der Waals surface area contributed by atoms with Gasteiger partial charge in [0.2, 0.25) is 0 Å². The molecule has 0 amide bonds. The van der Waals surface area contributed by atoms with E-state index in [0.717, 1.165) is 16.5 Å². The van der Waals surface area contributed by atoms with Crippen LogP contribution in [0.1, 0.15) is 25.0 Å². The summed E-state index contributed by atoms with van der Waals surface area (Å²) in [4.78, 5) is 0. The van der Waals surface area contributed by atoms with Crippen molar-refractivity contribution in [3.05, 3.63) is 34.3 Å². The van der Waals surface area contributed by atoms with Gasteiger partial charge in [0, 0.05) is 30.8 Å². The molecule has 2 atom stereocenters. The Morgan fingerprint density at radius 2 is 2.00 bits per heavy atom. The lowest BCUT2D eigenvalue weighted by Gasteiger charge is -2.23. The Morgan fingerprint density at radius 1 is 1.29 bits per heavy atom. The predicted octanol–water partition coefficient (Wildman–Crippen LogP) is 2.89. The Hall–Kier alpha value is -0.420. The summed E-state index contributed by atoms with van der Waals surface area (Å²) in [5.41, 5.74) is 7.07. The summed E-state index contributed by atoms with van der Waals surface area (Å²) < 4.78 is 11.9. The first-order chi connectivity index (χ1) is 8.16. The molecule has 0 saturated heterocycles. The highest BCUT2D eigenvalue weighted by molar-refractivity contribution is 9.10. The van der Waals surface area contributed by atoms with E-state index in [-0.39, 0.29) is 12.1 Å². The second kappa shape index (κ2) is 7.82. The topological polar surface area (TPSA) is 44.5 Å². The van der Waals surface area contributed by atoms with Crippen molar-refractivity contribution in [2.45, 2.75) is 25.5 Å². The fourth-order valence-electron chi connectivity index (χ4n) is 1.64. The minimum absolute atomic E-state index is 0.0451. The molecule has 0 radical (unpaired) electrons. The number of methoxy groups -OCH3 is 1. The van der Waals surface area contributed by atoms with Gasteiger partial charge in [0.1, 0.15) is 0 Å². The second-order valence-electron chi connectivity index (χ2n) is 4.02. The number of halogens is 1. The van der Waals surface area contributed by atoms with E-state index >= 15 is 0 Å². The maximum Gasteiger partial charge on any atom is 0.0983 e. The third-order valence-corrected chi connectivity index (χ3v) is 3.20. The maximum absolute atomic E-state index is 5.98. The Labute approximate surface area is 111 Å². The van der Waals surface area contributed by atoms with Crippen LogP contribution in [0.25, 0.3) is 0 Å². The lowest BCUT2D eigenvalue weighted by atomic mass is 10.0. The van der Waals surface area contributed by atoms with Gasteiger partial charge in [-0.3, -0.25) is 0 Å². The van der Waals surface area contributed by atoms with Crippen molar-refractivity contribution >= 4 is 15.9 Å². The Morgan fingerprint density at radius 3 is 2.59 bits per heavy atom. The first kappa shape index (κ1) is 14.6. The van der Waals surface area contributed by atoms with Crippen LogP contribution in [-0.2, 0) is 9.47 Å². The first-order valence-corrected chi connectivity index (χ1v) is 6.56. The van der Waals surface area contributed by atoms with Crippen LogP contribution in [0.2, 0.25) is 0 Å². The summed E-state index contributed by atoms with van der Waals surface area (Å²) in [6.07, 6.45) is 0.798. The van der Waals surface area contributed by atoms with Crippen molar-refractivity contribution in [3.63, 3.8) is 0 Å². The van der Waals surface area contributed by atoms with Crippen molar-refractivity contribution in [1.29, 1.82) is 0 Å². The number of ether oxygens (including phenoxy) is 2. The van der Waals surface area contributed by atoms with Gasteiger partial charge in [0.15, 0.2) is 0 Å². The van der Waals surface area contributed by atoms with Gasteiger partial charge < -0.3 is 15.2 Å². The highest BCUT2D eigenvalue weighted by atomic mass is 79.9. The minimum atomic E-state index is -0.0811. The van der Waals surface area contributed by atoms with E-state index in [9.17, 15) is 0 Å². The third kappa shape index (κ3) is 4.76. The molecule has 0 fully saturated rings. The van der Waals surface area contributed by atoms with Crippen LogP contribution < -0.4 is 5.73 Å². The number of rotatable bonds is 7. The molecule has 2 unspecified atom stereocenters. The molecule has 0 bridgehead atoms. The molecule has 0 aromatic heterocycles. The Kier molecular flexibility index (Phi) is 6.73. The average Bonchev–Trinajstić information content (AvgIpc) is 2.30. The van der Waals surface area contributed by atoms with E-state index in [1.165, 1.54) is 0 Å². The molecular weight excluding hydrogens is 282 g/mol. The predicted molar refractivity (Wildman–Crippen MR) is 73.0 cm³/mol. The molecule has 0 saturated carbocycles. The van der Waals surface area contributed by atoms with E-state index in [1.807, 2.05) is 31.2 Å². The molecule has 2 N–H and O–H groups in total. The first-order valence-electron chi connectivity index (χ1n) is 5.77. The molecule has 3 nitrogen and oxygen atoms in total. The normalized spacial score (nSPS) is 14.6. The summed E-state index contributed by atoms with van der Waals surface area (Å²) in [6.45, 7) is 3.32. The van der Waals surface area contributed by atoms with Gasteiger partial charge >= 0.3 is 0 Å². The van der Waals surface area contributed by atoms with Crippen LogP contribution in [0.5, 0.6) is 0 Å². The summed E-state index contributed by atoms with van der Waals surface area (Å²) >= 11 is 3.53. The van der Waals surface area contributed by atoms with Crippen LogP contribution in [-0.4, -0.2) is 26.4 Å². The van der Waals surface area contributed by atoms with Crippen LogP contribution in [0.4, 0.5) is 0 Å². The molecule has 4 heteroatoms. The van der Waals surface area contributed by atoms with Crippen molar-refractivity contribution in [2.75, 3.05) is 20.3 Å². The van der Waals surface area contributed by atoms with Crippen molar-refractivity contribution < 1.29 is 9.47 Å². The highest BCUT2D eigenvalue weighted by Gasteiger charge is 2.18. The van der Waals surface area contributed by atoms with Gasteiger partial charge in [0.25, 0.3) is 0 Å². The van der Waals surface area contributed by atoms with Gasteiger partial charge in [-0.2, -0.15) is 0 Å². The molecule has 96 valence electrons. The van der Waals surface area contributed by atoms with E-state index in [0.29, 0.717) is 13.2 Å². The molecule has 1 rings (SSSR count). The molecule has 0 aliphatic rings. The molecule has 0 aliphatic carbocycles. The van der Waals surface area contributed by atoms with Gasteiger partial charge in [-0.25, -0.2) is 0 Å².